The molecule has 1 aromatic rings. The molecule has 0 saturated carbocycles. The molecule has 1 aromatic carbocycles. The van der Waals surface area contributed by atoms with Gasteiger partial charge in [-0.25, -0.2) is 0 Å². The molecule has 0 radical (unpaired) electrons. The van der Waals surface area contributed by atoms with Gasteiger partial charge in [-0.1, -0.05) is 12.1 Å². The Bertz CT molecular complexity index is 531. The molecule has 21 heavy (non-hydrogen) atoms. The summed E-state index contributed by atoms with van der Waals surface area (Å²) in [6.07, 6.45) is 0.131. The minimum absolute atomic E-state index is 0.131. The van der Waals surface area contributed by atoms with Crippen LogP contribution in [0.5, 0.6) is 11.5 Å². The summed E-state index contributed by atoms with van der Waals surface area (Å²) in [6.45, 7) is 9.84. The first-order valence-electron chi connectivity index (χ1n) is 7.99. The summed E-state index contributed by atoms with van der Waals surface area (Å²) in [4.78, 5) is 2.60. The molecule has 3 aliphatic heterocycles. The third-order valence-electron chi connectivity index (χ3n) is 5.51. The average molecular weight is 288 g/mol. The van der Waals surface area contributed by atoms with Gasteiger partial charge < -0.3 is 14.8 Å². The average Bonchev–Trinajstić information content (AvgIpc) is 3.03. The molecular weight excluding hydrogens is 264 g/mol. The van der Waals surface area contributed by atoms with Crippen LogP contribution in [0, 0.1) is 11.8 Å². The van der Waals surface area contributed by atoms with Crippen LogP contribution in [-0.4, -0.2) is 49.3 Å². The van der Waals surface area contributed by atoms with Gasteiger partial charge in [0.1, 0.15) is 12.7 Å². The highest BCUT2D eigenvalue weighted by molar-refractivity contribution is 5.40. The van der Waals surface area contributed by atoms with Crippen LogP contribution < -0.4 is 14.8 Å². The summed E-state index contributed by atoms with van der Waals surface area (Å²) in [7, 11) is 0. The number of benzene rings is 1. The van der Waals surface area contributed by atoms with Gasteiger partial charge in [0, 0.05) is 25.2 Å². The van der Waals surface area contributed by atoms with E-state index in [0.29, 0.717) is 6.61 Å². The zero-order valence-electron chi connectivity index (χ0n) is 12.8. The fourth-order valence-corrected chi connectivity index (χ4v) is 4.21. The summed E-state index contributed by atoms with van der Waals surface area (Å²) in [6, 6.07) is 7.96. The zero-order valence-corrected chi connectivity index (χ0v) is 12.8. The maximum absolute atomic E-state index is 6.13. The summed E-state index contributed by atoms with van der Waals surface area (Å²) in [5.41, 5.74) is 0.245. The molecule has 2 saturated heterocycles. The van der Waals surface area contributed by atoms with E-state index in [2.05, 4.69) is 24.1 Å². The maximum Gasteiger partial charge on any atom is 0.161 e. The number of rotatable bonds is 2. The van der Waals surface area contributed by atoms with E-state index in [0.717, 1.165) is 43.0 Å². The molecule has 0 amide bonds. The molecule has 4 nitrogen and oxygen atoms in total. The molecule has 0 spiro atoms. The van der Waals surface area contributed by atoms with Gasteiger partial charge >= 0.3 is 0 Å². The monoisotopic (exact) mass is 288 g/mol. The van der Waals surface area contributed by atoms with E-state index in [4.69, 9.17) is 9.47 Å². The zero-order chi connectivity index (χ0) is 14.4. The van der Waals surface area contributed by atoms with Crippen molar-refractivity contribution in [2.45, 2.75) is 25.5 Å². The Morgan fingerprint density at radius 1 is 1.24 bits per heavy atom. The topological polar surface area (TPSA) is 33.7 Å². The number of hydrogen-bond donors (Lipinski definition) is 1. The summed E-state index contributed by atoms with van der Waals surface area (Å²) < 4.78 is 12.0. The van der Waals surface area contributed by atoms with E-state index in [1.807, 2.05) is 24.3 Å². The van der Waals surface area contributed by atoms with Crippen molar-refractivity contribution in [3.8, 4) is 11.5 Å². The van der Waals surface area contributed by atoms with Crippen LogP contribution in [-0.2, 0) is 0 Å². The number of hydrogen-bond acceptors (Lipinski definition) is 4. The van der Waals surface area contributed by atoms with Crippen molar-refractivity contribution < 1.29 is 9.47 Å². The highest BCUT2D eigenvalue weighted by atomic mass is 16.6. The van der Waals surface area contributed by atoms with Gasteiger partial charge in [0.15, 0.2) is 11.5 Å². The van der Waals surface area contributed by atoms with Crippen molar-refractivity contribution in [1.29, 1.82) is 0 Å². The number of likely N-dealkylation sites (tertiary alicyclic amines) is 1. The molecular formula is C17H24N2O2. The smallest absolute Gasteiger partial charge is 0.161 e. The second-order valence-electron chi connectivity index (χ2n) is 7.08. The van der Waals surface area contributed by atoms with Crippen LogP contribution >= 0.6 is 0 Å². The van der Waals surface area contributed by atoms with Gasteiger partial charge in [-0.3, -0.25) is 4.90 Å². The molecule has 2 fully saturated rings. The van der Waals surface area contributed by atoms with Crippen molar-refractivity contribution in [3.63, 3.8) is 0 Å². The van der Waals surface area contributed by atoms with Crippen LogP contribution in [0.4, 0.5) is 0 Å². The molecule has 3 atom stereocenters. The first-order chi connectivity index (χ1) is 10.1. The molecule has 3 unspecified atom stereocenters. The first kappa shape index (κ1) is 13.4. The lowest BCUT2D eigenvalue weighted by Crippen LogP contribution is -2.50. The quantitative estimate of drug-likeness (QED) is 0.899. The summed E-state index contributed by atoms with van der Waals surface area (Å²) >= 11 is 0. The normalized spacial score (nSPS) is 33.9. The first-order valence-corrected chi connectivity index (χ1v) is 7.99. The van der Waals surface area contributed by atoms with Crippen LogP contribution in [0.2, 0.25) is 0 Å². The van der Waals surface area contributed by atoms with Gasteiger partial charge in [-0.2, -0.15) is 0 Å². The molecule has 3 aliphatic rings. The van der Waals surface area contributed by atoms with E-state index in [1.165, 1.54) is 6.54 Å². The van der Waals surface area contributed by atoms with Gasteiger partial charge in [0.05, 0.1) is 0 Å². The highest BCUT2D eigenvalue weighted by Crippen LogP contribution is 2.41. The van der Waals surface area contributed by atoms with Crippen LogP contribution in [0.1, 0.15) is 13.8 Å². The Morgan fingerprint density at radius 3 is 2.86 bits per heavy atom. The molecule has 4 heteroatoms. The lowest BCUT2D eigenvalue weighted by molar-refractivity contribution is 0.0325. The number of fused-ring (bicyclic) bond motifs is 2. The Hall–Kier alpha value is -1.26. The third kappa shape index (κ3) is 2.21. The molecule has 3 heterocycles. The third-order valence-corrected chi connectivity index (χ3v) is 5.51. The Kier molecular flexibility index (Phi) is 3.12. The van der Waals surface area contributed by atoms with Crippen molar-refractivity contribution in [1.82, 2.24) is 10.2 Å². The fourth-order valence-electron chi connectivity index (χ4n) is 4.21. The molecule has 0 bridgehead atoms. The Labute approximate surface area is 126 Å². The van der Waals surface area contributed by atoms with Gasteiger partial charge in [-0.15, -0.1) is 0 Å². The van der Waals surface area contributed by atoms with Crippen LogP contribution in [0.3, 0.4) is 0 Å². The maximum atomic E-state index is 6.13. The molecule has 4 rings (SSSR count). The summed E-state index contributed by atoms with van der Waals surface area (Å²) in [5, 5.41) is 3.53. The predicted octanol–water partition coefficient (Wildman–Crippen LogP) is 1.76. The van der Waals surface area contributed by atoms with E-state index >= 15 is 0 Å². The lowest BCUT2D eigenvalue weighted by atomic mass is 9.85. The van der Waals surface area contributed by atoms with E-state index in [1.54, 1.807) is 0 Å². The number of para-hydroxylation sites is 2. The molecule has 114 valence electrons. The van der Waals surface area contributed by atoms with Gasteiger partial charge in [0.25, 0.3) is 0 Å². The molecule has 0 aliphatic carbocycles. The Morgan fingerprint density at radius 2 is 2.05 bits per heavy atom. The molecule has 0 aromatic heterocycles. The number of nitrogens with one attached hydrogen (secondary N) is 1. The Balaban J connectivity index is 1.46. The van der Waals surface area contributed by atoms with Crippen molar-refractivity contribution in [2.75, 3.05) is 32.8 Å². The van der Waals surface area contributed by atoms with Crippen LogP contribution in [0.15, 0.2) is 24.3 Å². The predicted molar refractivity (Wildman–Crippen MR) is 81.9 cm³/mol. The van der Waals surface area contributed by atoms with Crippen LogP contribution in [0.25, 0.3) is 0 Å². The second kappa shape index (κ2) is 4.89. The second-order valence-corrected chi connectivity index (χ2v) is 7.08. The minimum atomic E-state index is 0.131. The highest BCUT2D eigenvalue weighted by Gasteiger charge is 2.50. The molecule has 1 N–H and O–H groups in total. The van der Waals surface area contributed by atoms with E-state index in [9.17, 15) is 0 Å². The van der Waals surface area contributed by atoms with Crippen molar-refractivity contribution in [2.24, 2.45) is 11.8 Å². The fraction of sp³-hybridized carbons (Fsp3) is 0.647. The van der Waals surface area contributed by atoms with E-state index in [-0.39, 0.29) is 11.6 Å². The minimum Gasteiger partial charge on any atom is -0.486 e. The number of ether oxygens (including phenoxy) is 2. The standard InChI is InChI=1S/C17H24N2O2/c1-17(2)14-8-18-7-12(14)9-19(17)10-13-11-20-15-5-3-4-6-16(15)21-13/h3-6,12-14,18H,7-11H2,1-2H3. The number of nitrogens with zero attached hydrogens (tertiary/aromatic N) is 1. The van der Waals surface area contributed by atoms with Crippen molar-refractivity contribution >= 4 is 0 Å². The van der Waals surface area contributed by atoms with E-state index < -0.39 is 0 Å². The van der Waals surface area contributed by atoms with Crippen molar-refractivity contribution in [3.05, 3.63) is 24.3 Å². The van der Waals surface area contributed by atoms with Gasteiger partial charge in [-0.05, 0) is 44.4 Å². The van der Waals surface area contributed by atoms with Gasteiger partial charge in [0.2, 0.25) is 0 Å². The summed E-state index contributed by atoms with van der Waals surface area (Å²) in [5.74, 6) is 3.30. The largest absolute Gasteiger partial charge is 0.486 e. The lowest BCUT2D eigenvalue weighted by Gasteiger charge is -2.38. The SMILES string of the molecule is CC1(C)C2CNCC2CN1CC1COc2ccccc2O1.